The quantitative estimate of drug-likeness (QED) is 0.166. The van der Waals surface area contributed by atoms with Crippen LogP contribution in [0.25, 0.3) is 32.7 Å². The van der Waals surface area contributed by atoms with Gasteiger partial charge in [0.2, 0.25) is 0 Å². The van der Waals surface area contributed by atoms with Gasteiger partial charge < -0.3 is 9.80 Å². The van der Waals surface area contributed by atoms with Crippen molar-refractivity contribution in [3.8, 4) is 11.1 Å². The number of hydrogen-bond donors (Lipinski definition) is 0. The van der Waals surface area contributed by atoms with E-state index < -0.39 is 8.07 Å². The number of hydrogen-bond acceptors (Lipinski definition) is 2. The van der Waals surface area contributed by atoms with E-state index in [4.69, 9.17) is 0 Å². The molecule has 0 aliphatic carbocycles. The first-order chi connectivity index (χ1) is 24.1. The summed E-state index contributed by atoms with van der Waals surface area (Å²) in [6.45, 7) is 5.04. The average Bonchev–Trinajstić information content (AvgIpc) is 3.16. The van der Waals surface area contributed by atoms with E-state index >= 15 is 0 Å². The predicted molar refractivity (Wildman–Crippen MR) is 213 cm³/mol. The molecule has 8 aromatic rings. The second-order valence-electron chi connectivity index (χ2n) is 13.4. The molecule has 0 N–H and O–H groups in total. The van der Waals surface area contributed by atoms with Crippen LogP contribution in [0.2, 0.25) is 13.1 Å². The fraction of sp³-hybridized carbons (Fsp3) is 0.0435. The zero-order valence-electron chi connectivity index (χ0n) is 27.7. The van der Waals surface area contributed by atoms with Crippen LogP contribution in [0.5, 0.6) is 0 Å². The smallest absolute Gasteiger partial charge is 0.113 e. The molecule has 1 aliphatic heterocycles. The maximum atomic E-state index is 2.52. The van der Waals surface area contributed by atoms with Crippen LogP contribution >= 0.6 is 0 Å². The standard InChI is InChI=1S/C46H36N2Si/c1-49(2)44-24-14-23-42-43(48(37-21-10-5-11-22-37)38-26-25-33-15-12-13-16-34(33)31-38)30-29-41(46(42)44)40-28-27-39(32-45(40)49)47(35-17-6-3-7-18-35)36-19-8-4-9-20-36/h3-32H,1-2H3. The molecule has 1 heterocycles. The van der Waals surface area contributed by atoms with Crippen LogP contribution in [-0.4, -0.2) is 8.07 Å². The number of rotatable bonds is 6. The first-order valence-corrected chi connectivity index (χ1v) is 20.0. The van der Waals surface area contributed by atoms with Crippen LogP contribution < -0.4 is 20.2 Å². The Balaban J connectivity index is 1.24. The van der Waals surface area contributed by atoms with Crippen molar-refractivity contribution >= 4 is 74.1 Å². The number of fused-ring (bicyclic) bond motifs is 3. The van der Waals surface area contributed by atoms with E-state index in [0.29, 0.717) is 0 Å². The molecule has 9 rings (SSSR count). The maximum absolute atomic E-state index is 2.52. The summed E-state index contributed by atoms with van der Waals surface area (Å²) in [5.74, 6) is 0. The molecule has 0 spiro atoms. The Labute approximate surface area is 289 Å². The van der Waals surface area contributed by atoms with Gasteiger partial charge in [0.25, 0.3) is 0 Å². The SMILES string of the molecule is C[Si]1(C)c2cc(N(c3ccccc3)c3ccccc3)ccc2-c2ccc(N(c3ccccc3)c3ccc4ccccc4c3)c3cccc1c23. The molecular weight excluding hydrogens is 609 g/mol. The third kappa shape index (κ3) is 4.85. The third-order valence-corrected chi connectivity index (χ3v) is 13.7. The maximum Gasteiger partial charge on any atom is 0.113 e. The molecule has 1 aliphatic rings. The van der Waals surface area contributed by atoms with Gasteiger partial charge in [0.1, 0.15) is 8.07 Å². The van der Waals surface area contributed by atoms with Crippen LogP contribution in [0.1, 0.15) is 0 Å². The van der Waals surface area contributed by atoms with Gasteiger partial charge in [0.15, 0.2) is 0 Å². The van der Waals surface area contributed by atoms with Gasteiger partial charge in [0, 0.05) is 33.8 Å². The fourth-order valence-corrected chi connectivity index (χ4v) is 10.9. The molecule has 0 radical (unpaired) electrons. The Hall–Kier alpha value is -5.90. The van der Waals surface area contributed by atoms with E-state index in [1.165, 1.54) is 54.4 Å². The number of benzene rings is 8. The summed E-state index contributed by atoms with van der Waals surface area (Å²) in [5, 5.41) is 8.13. The predicted octanol–water partition coefficient (Wildman–Crippen LogP) is 11.7. The van der Waals surface area contributed by atoms with Gasteiger partial charge in [0.05, 0.1) is 5.69 Å². The van der Waals surface area contributed by atoms with E-state index in [-0.39, 0.29) is 0 Å². The van der Waals surface area contributed by atoms with E-state index in [1.807, 2.05) is 0 Å². The second-order valence-corrected chi connectivity index (χ2v) is 17.8. The Kier molecular flexibility index (Phi) is 6.96. The molecule has 0 unspecified atom stereocenters. The Morgan fingerprint density at radius 1 is 0.367 bits per heavy atom. The summed E-state index contributed by atoms with van der Waals surface area (Å²) in [6, 6.07) is 66.5. The van der Waals surface area contributed by atoms with E-state index in [2.05, 4.69) is 205 Å². The summed E-state index contributed by atoms with van der Waals surface area (Å²) in [6.07, 6.45) is 0. The minimum Gasteiger partial charge on any atom is -0.311 e. The van der Waals surface area contributed by atoms with Crippen LogP contribution in [0.15, 0.2) is 182 Å². The number of nitrogens with zero attached hydrogens (tertiary/aromatic N) is 2. The largest absolute Gasteiger partial charge is 0.311 e. The van der Waals surface area contributed by atoms with Crippen molar-refractivity contribution in [1.82, 2.24) is 0 Å². The minimum atomic E-state index is -2.14. The molecule has 234 valence electrons. The summed E-state index contributed by atoms with van der Waals surface area (Å²) in [4.78, 5) is 4.81. The first-order valence-electron chi connectivity index (χ1n) is 17.0. The fourth-order valence-electron chi connectivity index (χ4n) is 7.82. The van der Waals surface area contributed by atoms with Gasteiger partial charge in [-0.1, -0.05) is 128 Å². The minimum absolute atomic E-state index is 1.15. The topological polar surface area (TPSA) is 6.48 Å². The van der Waals surface area contributed by atoms with Gasteiger partial charge in [-0.3, -0.25) is 0 Å². The molecular formula is C46H36N2Si. The van der Waals surface area contributed by atoms with Crippen molar-refractivity contribution in [2.24, 2.45) is 0 Å². The monoisotopic (exact) mass is 644 g/mol. The van der Waals surface area contributed by atoms with E-state index in [0.717, 1.165) is 22.7 Å². The van der Waals surface area contributed by atoms with Crippen molar-refractivity contribution in [3.05, 3.63) is 182 Å². The average molecular weight is 645 g/mol. The van der Waals surface area contributed by atoms with Crippen molar-refractivity contribution in [3.63, 3.8) is 0 Å². The number of para-hydroxylation sites is 3. The van der Waals surface area contributed by atoms with Gasteiger partial charge >= 0.3 is 0 Å². The van der Waals surface area contributed by atoms with E-state index in [1.54, 1.807) is 0 Å². The van der Waals surface area contributed by atoms with Crippen molar-refractivity contribution in [2.75, 3.05) is 9.80 Å². The highest BCUT2D eigenvalue weighted by molar-refractivity contribution is 7.03. The first kappa shape index (κ1) is 29.3. The highest BCUT2D eigenvalue weighted by Crippen LogP contribution is 2.44. The summed E-state index contributed by atoms with van der Waals surface area (Å²) < 4.78 is 0. The summed E-state index contributed by atoms with van der Waals surface area (Å²) in [7, 11) is -2.14. The van der Waals surface area contributed by atoms with Crippen LogP contribution in [0, 0.1) is 0 Å². The highest BCUT2D eigenvalue weighted by Gasteiger charge is 2.36. The van der Waals surface area contributed by atoms with Crippen LogP contribution in [-0.2, 0) is 0 Å². The molecule has 0 bridgehead atoms. The molecule has 49 heavy (non-hydrogen) atoms. The molecule has 0 amide bonds. The van der Waals surface area contributed by atoms with Crippen molar-refractivity contribution in [2.45, 2.75) is 13.1 Å². The lowest BCUT2D eigenvalue weighted by atomic mass is 9.95. The molecule has 0 fully saturated rings. The van der Waals surface area contributed by atoms with Gasteiger partial charge in [-0.05, 0) is 104 Å². The summed E-state index contributed by atoms with van der Waals surface area (Å²) >= 11 is 0. The molecule has 0 saturated heterocycles. The highest BCUT2D eigenvalue weighted by atomic mass is 28.3. The third-order valence-electron chi connectivity index (χ3n) is 10.2. The number of anilines is 6. The second kappa shape index (κ2) is 11.7. The van der Waals surface area contributed by atoms with E-state index in [9.17, 15) is 0 Å². The van der Waals surface area contributed by atoms with Gasteiger partial charge in [-0.25, -0.2) is 0 Å². The molecule has 0 atom stereocenters. The lowest BCUT2D eigenvalue weighted by Gasteiger charge is -2.36. The molecule has 8 aromatic carbocycles. The van der Waals surface area contributed by atoms with Gasteiger partial charge in [-0.2, -0.15) is 0 Å². The molecule has 2 nitrogen and oxygen atoms in total. The molecule has 0 aromatic heterocycles. The summed E-state index contributed by atoms with van der Waals surface area (Å²) in [5.41, 5.74) is 9.69. The van der Waals surface area contributed by atoms with Crippen LogP contribution in [0.3, 0.4) is 0 Å². The lowest BCUT2D eigenvalue weighted by molar-refractivity contribution is 1.28. The van der Waals surface area contributed by atoms with Crippen LogP contribution in [0.4, 0.5) is 34.1 Å². The molecule has 0 saturated carbocycles. The van der Waals surface area contributed by atoms with Crippen molar-refractivity contribution < 1.29 is 0 Å². The lowest BCUT2D eigenvalue weighted by Crippen LogP contribution is -2.56. The zero-order valence-corrected chi connectivity index (χ0v) is 28.7. The van der Waals surface area contributed by atoms with Gasteiger partial charge in [-0.15, -0.1) is 0 Å². The Morgan fingerprint density at radius 3 is 1.59 bits per heavy atom. The Morgan fingerprint density at radius 2 is 0.918 bits per heavy atom. The molecule has 3 heteroatoms. The van der Waals surface area contributed by atoms with Crippen molar-refractivity contribution in [1.29, 1.82) is 0 Å². The zero-order chi connectivity index (χ0) is 33.0. The normalized spacial score (nSPS) is 12.9. The Bertz CT molecular complexity index is 2430.